The first-order chi connectivity index (χ1) is 12.8. The zero-order valence-corrected chi connectivity index (χ0v) is 16.7. The van der Waals surface area contributed by atoms with Gasteiger partial charge in [0.15, 0.2) is 0 Å². The zero-order valence-electron chi connectivity index (χ0n) is 16.7. The van der Waals surface area contributed by atoms with Crippen molar-refractivity contribution in [1.29, 1.82) is 0 Å². The van der Waals surface area contributed by atoms with Crippen molar-refractivity contribution >= 4 is 29.6 Å². The van der Waals surface area contributed by atoms with Gasteiger partial charge in [-0.1, -0.05) is 27.7 Å². The van der Waals surface area contributed by atoms with Crippen molar-refractivity contribution in [2.45, 2.75) is 58.7 Å². The molecule has 0 heterocycles. The van der Waals surface area contributed by atoms with E-state index in [1.165, 1.54) is 0 Å². The summed E-state index contributed by atoms with van der Waals surface area (Å²) in [5.74, 6) is -4.40. The molecule has 3 unspecified atom stereocenters. The summed E-state index contributed by atoms with van der Waals surface area (Å²) in [6.45, 7) is 6.50. The fourth-order valence-corrected chi connectivity index (χ4v) is 2.37. The number of nitrogens with one attached hydrogen (secondary N) is 3. The number of hydrogen-bond donors (Lipinski definition) is 6. The molecule has 11 nitrogen and oxygen atoms in total. The van der Waals surface area contributed by atoms with Crippen molar-refractivity contribution in [3.8, 4) is 0 Å². The van der Waals surface area contributed by atoms with Crippen LogP contribution in [-0.4, -0.2) is 59.4 Å². The highest BCUT2D eigenvalue weighted by atomic mass is 16.4. The van der Waals surface area contributed by atoms with Crippen molar-refractivity contribution in [3.05, 3.63) is 0 Å². The van der Waals surface area contributed by atoms with Crippen LogP contribution in [0.5, 0.6) is 0 Å². The van der Waals surface area contributed by atoms with Gasteiger partial charge in [0.2, 0.25) is 23.6 Å². The minimum Gasteiger partial charge on any atom is -0.480 e. The van der Waals surface area contributed by atoms with E-state index < -0.39 is 60.7 Å². The monoisotopic (exact) mass is 401 g/mol. The first kappa shape index (κ1) is 25.3. The summed E-state index contributed by atoms with van der Waals surface area (Å²) in [4.78, 5) is 58.7. The van der Waals surface area contributed by atoms with Gasteiger partial charge in [-0.25, -0.2) is 0 Å². The van der Waals surface area contributed by atoms with Crippen LogP contribution in [0.1, 0.15) is 40.5 Å². The molecule has 0 aromatic rings. The zero-order chi connectivity index (χ0) is 22.0. The lowest BCUT2D eigenvalue weighted by Crippen LogP contribution is -2.58. The van der Waals surface area contributed by atoms with Crippen LogP contribution in [0.25, 0.3) is 0 Å². The lowest BCUT2D eigenvalue weighted by Gasteiger charge is -2.26. The van der Waals surface area contributed by atoms with Gasteiger partial charge in [-0.05, 0) is 18.3 Å². The van der Waals surface area contributed by atoms with Crippen molar-refractivity contribution in [2.75, 3.05) is 6.54 Å². The molecule has 0 aliphatic heterocycles. The standard InChI is InChI=1S/C17H31N5O6/c1-8(2)5-10(18)15(26)22-14(9(3)4)17(28)21-11(6-12(19)23)16(27)20-7-13(24)25/h8-11,14H,5-7,18H2,1-4H3,(H2,19,23)(H,20,27)(H,21,28)(H,22,26)(H,24,25). The van der Waals surface area contributed by atoms with E-state index in [-0.39, 0.29) is 11.8 Å². The predicted molar refractivity (Wildman–Crippen MR) is 101 cm³/mol. The molecule has 0 rings (SSSR count). The molecule has 0 aromatic carbocycles. The lowest BCUT2D eigenvalue weighted by molar-refractivity contribution is -0.139. The Kier molecular flexibility index (Phi) is 10.8. The SMILES string of the molecule is CC(C)CC(N)C(=O)NC(C(=O)NC(CC(N)=O)C(=O)NCC(=O)O)C(C)C. The number of carboxylic acids is 1. The molecule has 28 heavy (non-hydrogen) atoms. The highest BCUT2D eigenvalue weighted by molar-refractivity contribution is 5.95. The molecule has 0 aliphatic rings. The topological polar surface area (TPSA) is 194 Å². The first-order valence-corrected chi connectivity index (χ1v) is 8.99. The molecule has 0 fully saturated rings. The number of carbonyl (C=O) groups is 5. The van der Waals surface area contributed by atoms with E-state index in [2.05, 4.69) is 16.0 Å². The fraction of sp³-hybridized carbons (Fsp3) is 0.706. The van der Waals surface area contributed by atoms with Gasteiger partial charge >= 0.3 is 5.97 Å². The second-order valence-electron chi connectivity index (χ2n) is 7.31. The normalized spacial score (nSPS) is 14.1. The summed E-state index contributed by atoms with van der Waals surface area (Å²) in [5, 5.41) is 15.6. The number of carboxylic acid groups (broad SMARTS) is 1. The smallest absolute Gasteiger partial charge is 0.322 e. The molecule has 0 aromatic heterocycles. The van der Waals surface area contributed by atoms with Crippen LogP contribution in [0.2, 0.25) is 0 Å². The van der Waals surface area contributed by atoms with Crippen LogP contribution < -0.4 is 27.4 Å². The quantitative estimate of drug-likeness (QED) is 0.219. The van der Waals surface area contributed by atoms with E-state index in [1.807, 2.05) is 13.8 Å². The Morgan fingerprint density at radius 3 is 1.93 bits per heavy atom. The van der Waals surface area contributed by atoms with Crippen LogP contribution in [0.3, 0.4) is 0 Å². The van der Waals surface area contributed by atoms with Gasteiger partial charge in [0.1, 0.15) is 18.6 Å². The summed E-state index contributed by atoms with van der Waals surface area (Å²) in [6.07, 6.45) is -0.0943. The van der Waals surface area contributed by atoms with Gasteiger partial charge in [0.25, 0.3) is 0 Å². The Morgan fingerprint density at radius 2 is 1.50 bits per heavy atom. The second-order valence-corrected chi connectivity index (χ2v) is 7.31. The van der Waals surface area contributed by atoms with E-state index in [1.54, 1.807) is 13.8 Å². The van der Waals surface area contributed by atoms with Gasteiger partial charge < -0.3 is 32.5 Å². The third-order valence-electron chi connectivity index (χ3n) is 3.76. The first-order valence-electron chi connectivity index (χ1n) is 8.99. The van der Waals surface area contributed by atoms with Crippen LogP contribution in [0.4, 0.5) is 0 Å². The third-order valence-corrected chi connectivity index (χ3v) is 3.76. The van der Waals surface area contributed by atoms with Crippen molar-refractivity contribution in [3.63, 3.8) is 0 Å². The van der Waals surface area contributed by atoms with Crippen LogP contribution >= 0.6 is 0 Å². The number of hydrogen-bond acceptors (Lipinski definition) is 6. The molecule has 8 N–H and O–H groups in total. The Balaban J connectivity index is 5.18. The van der Waals surface area contributed by atoms with Gasteiger partial charge in [0, 0.05) is 0 Å². The highest BCUT2D eigenvalue weighted by Gasteiger charge is 2.31. The molecule has 160 valence electrons. The molecule has 0 saturated heterocycles. The Bertz CT molecular complexity index is 593. The number of carbonyl (C=O) groups excluding carboxylic acids is 4. The van der Waals surface area contributed by atoms with Crippen molar-refractivity contribution < 1.29 is 29.1 Å². The molecular formula is C17H31N5O6. The maximum Gasteiger partial charge on any atom is 0.322 e. The number of primary amides is 1. The van der Waals surface area contributed by atoms with Gasteiger partial charge in [-0.15, -0.1) is 0 Å². The molecule has 0 radical (unpaired) electrons. The summed E-state index contributed by atoms with van der Waals surface area (Å²) in [6, 6.07) is -3.17. The van der Waals surface area contributed by atoms with Crippen molar-refractivity contribution in [2.24, 2.45) is 23.3 Å². The third kappa shape index (κ3) is 9.86. The van der Waals surface area contributed by atoms with Crippen LogP contribution in [0, 0.1) is 11.8 Å². The van der Waals surface area contributed by atoms with E-state index >= 15 is 0 Å². The van der Waals surface area contributed by atoms with E-state index in [0.29, 0.717) is 6.42 Å². The van der Waals surface area contributed by atoms with Gasteiger partial charge in [-0.3, -0.25) is 24.0 Å². The Hall–Kier alpha value is -2.69. The van der Waals surface area contributed by atoms with Crippen LogP contribution in [0.15, 0.2) is 0 Å². The van der Waals surface area contributed by atoms with E-state index in [9.17, 15) is 24.0 Å². The maximum absolute atomic E-state index is 12.6. The highest BCUT2D eigenvalue weighted by Crippen LogP contribution is 2.07. The lowest BCUT2D eigenvalue weighted by atomic mass is 10.00. The number of amides is 4. The number of aliphatic carboxylic acids is 1. The molecule has 3 atom stereocenters. The number of rotatable bonds is 12. The summed E-state index contributed by atoms with van der Waals surface area (Å²) < 4.78 is 0. The fourth-order valence-electron chi connectivity index (χ4n) is 2.37. The number of nitrogens with two attached hydrogens (primary N) is 2. The van der Waals surface area contributed by atoms with Gasteiger partial charge in [-0.2, -0.15) is 0 Å². The Labute approximate surface area is 164 Å². The van der Waals surface area contributed by atoms with E-state index in [0.717, 1.165) is 0 Å². The van der Waals surface area contributed by atoms with E-state index in [4.69, 9.17) is 16.6 Å². The molecule has 0 spiro atoms. The minimum atomic E-state index is -1.37. The summed E-state index contributed by atoms with van der Waals surface area (Å²) in [5.41, 5.74) is 10.9. The van der Waals surface area contributed by atoms with Crippen molar-refractivity contribution in [1.82, 2.24) is 16.0 Å². The average Bonchev–Trinajstić information content (AvgIpc) is 2.54. The largest absolute Gasteiger partial charge is 0.480 e. The molecule has 11 heteroatoms. The maximum atomic E-state index is 12.6. The molecule has 0 saturated carbocycles. The van der Waals surface area contributed by atoms with Crippen LogP contribution in [-0.2, 0) is 24.0 Å². The minimum absolute atomic E-state index is 0.185. The summed E-state index contributed by atoms with van der Waals surface area (Å²) in [7, 11) is 0. The molecular weight excluding hydrogens is 370 g/mol. The van der Waals surface area contributed by atoms with Gasteiger partial charge in [0.05, 0.1) is 12.5 Å². The average molecular weight is 401 g/mol. The summed E-state index contributed by atoms with van der Waals surface area (Å²) >= 11 is 0. The molecule has 0 aliphatic carbocycles. The Morgan fingerprint density at radius 1 is 0.929 bits per heavy atom. The second kappa shape index (κ2) is 11.9. The molecule has 0 bridgehead atoms. The molecule has 4 amide bonds. The predicted octanol–water partition coefficient (Wildman–Crippen LogP) is -1.94.